The Labute approximate surface area is 543 Å². The largest absolute Gasteiger partial charge is 0.756 e. The van der Waals surface area contributed by atoms with Crippen molar-refractivity contribution < 1.29 is 32.9 Å². The monoisotopic (exact) mass is 1240 g/mol. The number of aliphatic hydroxyl groups is 1. The van der Waals surface area contributed by atoms with Crippen LogP contribution in [0.2, 0.25) is 0 Å². The van der Waals surface area contributed by atoms with Crippen LogP contribution in [0.3, 0.4) is 0 Å². The van der Waals surface area contributed by atoms with Crippen molar-refractivity contribution in [2.24, 2.45) is 0 Å². The Kier molecular flexibility index (Phi) is 67.6. The molecular formula is C78H151N2O6P. The lowest BCUT2D eigenvalue weighted by molar-refractivity contribution is -0.870. The lowest BCUT2D eigenvalue weighted by Crippen LogP contribution is -2.45. The summed E-state index contributed by atoms with van der Waals surface area (Å²) in [7, 11) is 1.25. The summed E-state index contributed by atoms with van der Waals surface area (Å²) in [4.78, 5) is 25.7. The molecule has 9 heteroatoms. The molecule has 3 atom stereocenters. The molecule has 0 saturated carbocycles. The minimum atomic E-state index is -4.62. The van der Waals surface area contributed by atoms with Crippen LogP contribution in [0.25, 0.3) is 0 Å². The molecule has 0 fully saturated rings. The standard InChI is InChI=1S/C78H151N2O6P/c1-6-8-10-12-14-16-18-20-22-24-26-28-30-32-34-35-36-37-38-39-40-41-42-43-44-45-46-48-50-52-54-56-58-60-62-64-66-68-70-72-78(82)79-76(75-86-87(83,84)85-74-73-80(3,4)5)77(81)71-69-67-65-63-61-59-57-55-53-51-49-47-33-31-29-27-25-23-21-19-17-15-13-11-9-7-2/h24,26,53,55,61,63,69,71,76-77,81H,6-23,25,27-52,54,56-60,62,64-68,70,72-75H2,1-5H3,(H-,79,82,83,84)/b26-24-,55-53+,63-61+,71-69+. The predicted molar refractivity (Wildman–Crippen MR) is 381 cm³/mol. The summed E-state index contributed by atoms with van der Waals surface area (Å²) in [6, 6.07) is -0.911. The van der Waals surface area contributed by atoms with E-state index in [1.807, 2.05) is 27.2 Å². The van der Waals surface area contributed by atoms with Gasteiger partial charge in [-0.25, -0.2) is 0 Å². The van der Waals surface area contributed by atoms with Crippen molar-refractivity contribution in [3.63, 3.8) is 0 Å². The Morgan fingerprint density at radius 3 is 0.931 bits per heavy atom. The first kappa shape index (κ1) is 85.5. The average Bonchev–Trinajstić information content (AvgIpc) is 3.69. The topological polar surface area (TPSA) is 108 Å². The number of phosphoric acid groups is 1. The van der Waals surface area contributed by atoms with Gasteiger partial charge < -0.3 is 28.8 Å². The fourth-order valence-electron chi connectivity index (χ4n) is 11.8. The van der Waals surface area contributed by atoms with E-state index in [0.717, 1.165) is 44.9 Å². The molecule has 0 spiro atoms. The summed E-state index contributed by atoms with van der Waals surface area (Å²) in [5.74, 6) is -0.204. The van der Waals surface area contributed by atoms with Crippen LogP contribution in [-0.2, 0) is 18.4 Å². The number of unbranched alkanes of at least 4 members (excludes halogenated alkanes) is 53. The van der Waals surface area contributed by atoms with Crippen LogP contribution in [0.1, 0.15) is 393 Å². The number of hydrogen-bond acceptors (Lipinski definition) is 6. The van der Waals surface area contributed by atoms with E-state index in [4.69, 9.17) is 9.05 Å². The molecule has 1 amide bonds. The molecular weight excluding hydrogens is 1090 g/mol. The molecule has 8 nitrogen and oxygen atoms in total. The maximum Gasteiger partial charge on any atom is 0.268 e. The third-order valence-corrected chi connectivity index (χ3v) is 18.7. The molecule has 0 aromatic carbocycles. The van der Waals surface area contributed by atoms with Gasteiger partial charge in [0, 0.05) is 6.42 Å². The van der Waals surface area contributed by atoms with Gasteiger partial charge in [0.15, 0.2) is 0 Å². The van der Waals surface area contributed by atoms with Crippen LogP contribution in [-0.4, -0.2) is 68.5 Å². The van der Waals surface area contributed by atoms with Gasteiger partial charge >= 0.3 is 0 Å². The lowest BCUT2D eigenvalue weighted by Gasteiger charge is -2.29. The van der Waals surface area contributed by atoms with Crippen molar-refractivity contribution in [3.8, 4) is 0 Å². The predicted octanol–water partition coefficient (Wildman–Crippen LogP) is 24.3. The van der Waals surface area contributed by atoms with Crippen LogP contribution in [0.15, 0.2) is 48.6 Å². The van der Waals surface area contributed by atoms with Gasteiger partial charge in [-0.15, -0.1) is 0 Å². The van der Waals surface area contributed by atoms with E-state index >= 15 is 0 Å². The summed E-state index contributed by atoms with van der Waals surface area (Å²) in [6.07, 6.45) is 94.3. The van der Waals surface area contributed by atoms with Crippen molar-refractivity contribution in [2.75, 3.05) is 40.9 Å². The second-order valence-electron chi connectivity index (χ2n) is 27.7. The van der Waals surface area contributed by atoms with Crippen molar-refractivity contribution >= 4 is 13.7 Å². The average molecular weight is 1240 g/mol. The number of carbonyl (C=O) groups excluding carboxylic acids is 1. The zero-order chi connectivity index (χ0) is 63.4. The van der Waals surface area contributed by atoms with Crippen LogP contribution < -0.4 is 10.2 Å². The van der Waals surface area contributed by atoms with E-state index in [1.54, 1.807) is 6.08 Å². The molecule has 0 heterocycles. The van der Waals surface area contributed by atoms with E-state index in [2.05, 4.69) is 55.6 Å². The van der Waals surface area contributed by atoms with E-state index in [-0.39, 0.29) is 12.5 Å². The highest BCUT2D eigenvalue weighted by atomic mass is 31.2. The number of allylic oxidation sites excluding steroid dienone is 7. The molecule has 0 aliphatic heterocycles. The molecule has 0 aliphatic rings. The lowest BCUT2D eigenvalue weighted by atomic mass is 10.0. The molecule has 0 bridgehead atoms. The quantitative estimate of drug-likeness (QED) is 0.0272. The third-order valence-electron chi connectivity index (χ3n) is 17.7. The van der Waals surface area contributed by atoms with E-state index in [0.29, 0.717) is 17.4 Å². The highest BCUT2D eigenvalue weighted by Gasteiger charge is 2.23. The third kappa shape index (κ3) is 71.8. The highest BCUT2D eigenvalue weighted by molar-refractivity contribution is 7.45. The summed E-state index contributed by atoms with van der Waals surface area (Å²) < 4.78 is 23.5. The molecule has 0 rings (SSSR count). The number of phosphoric ester groups is 1. The number of hydrogen-bond donors (Lipinski definition) is 2. The normalized spacial score (nSPS) is 13.8. The number of nitrogens with one attached hydrogen (secondary N) is 1. The zero-order valence-corrected chi connectivity index (χ0v) is 59.9. The fourth-order valence-corrected chi connectivity index (χ4v) is 12.5. The summed E-state index contributed by atoms with van der Waals surface area (Å²) in [5.41, 5.74) is 0. The van der Waals surface area contributed by atoms with Crippen molar-refractivity contribution in [3.05, 3.63) is 48.6 Å². The van der Waals surface area contributed by atoms with Gasteiger partial charge in [0.1, 0.15) is 13.2 Å². The van der Waals surface area contributed by atoms with Crippen LogP contribution in [0.5, 0.6) is 0 Å². The van der Waals surface area contributed by atoms with Gasteiger partial charge in [0.25, 0.3) is 7.82 Å². The van der Waals surface area contributed by atoms with Crippen molar-refractivity contribution in [1.29, 1.82) is 0 Å². The molecule has 0 aromatic rings. The van der Waals surface area contributed by atoms with Gasteiger partial charge in [-0.3, -0.25) is 9.36 Å². The van der Waals surface area contributed by atoms with Crippen LogP contribution in [0, 0.1) is 0 Å². The molecule has 0 radical (unpaired) electrons. The Balaban J connectivity index is 3.98. The maximum atomic E-state index is 13.1. The van der Waals surface area contributed by atoms with Gasteiger partial charge in [-0.2, -0.15) is 0 Å². The number of amides is 1. The number of rotatable bonds is 72. The minimum absolute atomic E-state index is 0.00768. The van der Waals surface area contributed by atoms with Crippen LogP contribution >= 0.6 is 7.82 Å². The summed E-state index contributed by atoms with van der Waals surface area (Å²) in [5, 5.41) is 14.0. The SMILES string of the molecule is CCCCCCCCCC/C=C\CCCCCCCCCCCCCCCCCCCCCCCCCCCCCC(=O)NC(COP(=O)([O-])OCC[N+](C)(C)C)C(O)/C=C/CC/C=C/CC/C=C/CCCCCCCCCCCCCCCCCC. The molecule has 0 aliphatic carbocycles. The Morgan fingerprint density at radius 1 is 0.391 bits per heavy atom. The number of carbonyl (C=O) groups is 1. The number of aliphatic hydroxyl groups excluding tert-OH is 1. The summed E-state index contributed by atoms with van der Waals surface area (Å²) >= 11 is 0. The first-order chi connectivity index (χ1) is 42.5. The number of quaternary nitrogens is 1. The summed E-state index contributed by atoms with van der Waals surface area (Å²) in [6.45, 7) is 4.68. The molecule has 87 heavy (non-hydrogen) atoms. The Bertz CT molecular complexity index is 1560. The number of nitrogens with zero attached hydrogens (tertiary/aromatic N) is 1. The first-order valence-corrected chi connectivity index (χ1v) is 40.0. The van der Waals surface area contributed by atoms with E-state index in [9.17, 15) is 19.4 Å². The molecule has 0 saturated heterocycles. The number of likely N-dealkylation sites (N-methyl/N-ethyl adjacent to an activating group) is 1. The van der Waals surface area contributed by atoms with Crippen LogP contribution in [0.4, 0.5) is 0 Å². The van der Waals surface area contributed by atoms with Gasteiger partial charge in [-0.05, 0) is 70.6 Å². The van der Waals surface area contributed by atoms with Gasteiger partial charge in [0.05, 0.1) is 39.9 Å². The Hall–Kier alpha value is -1.54. The van der Waals surface area contributed by atoms with Gasteiger partial charge in [0.2, 0.25) is 5.91 Å². The van der Waals surface area contributed by atoms with E-state index in [1.165, 1.54) is 327 Å². The second-order valence-corrected chi connectivity index (χ2v) is 29.1. The molecule has 514 valence electrons. The second kappa shape index (κ2) is 68.8. The molecule has 2 N–H and O–H groups in total. The van der Waals surface area contributed by atoms with Crippen molar-refractivity contribution in [2.45, 2.75) is 405 Å². The highest BCUT2D eigenvalue weighted by Crippen LogP contribution is 2.38. The molecule has 0 aromatic heterocycles. The maximum absolute atomic E-state index is 13.1. The minimum Gasteiger partial charge on any atom is -0.756 e. The smallest absolute Gasteiger partial charge is 0.268 e. The van der Waals surface area contributed by atoms with Crippen molar-refractivity contribution in [1.82, 2.24) is 5.32 Å². The molecule has 3 unspecified atom stereocenters. The first-order valence-electron chi connectivity index (χ1n) is 38.5. The Morgan fingerprint density at radius 2 is 0.644 bits per heavy atom. The zero-order valence-electron chi connectivity index (χ0n) is 59.0. The van der Waals surface area contributed by atoms with Gasteiger partial charge in [-0.1, -0.05) is 364 Å². The fraction of sp³-hybridized carbons (Fsp3) is 0.885. The van der Waals surface area contributed by atoms with E-state index < -0.39 is 26.6 Å².